The zero-order chi connectivity index (χ0) is 20.9. The van der Waals surface area contributed by atoms with Crippen molar-refractivity contribution < 1.29 is 13.6 Å². The summed E-state index contributed by atoms with van der Waals surface area (Å²) in [6.07, 6.45) is 11.2. The Morgan fingerprint density at radius 3 is 2.76 bits per heavy atom. The van der Waals surface area contributed by atoms with Crippen molar-refractivity contribution in [1.29, 1.82) is 0 Å². The van der Waals surface area contributed by atoms with Crippen LogP contribution in [0.4, 0.5) is 14.6 Å². The minimum absolute atomic E-state index is 0.120. The van der Waals surface area contributed by atoms with Gasteiger partial charge in [-0.25, -0.2) is 13.5 Å². The number of hydrogen-bond acceptors (Lipinski definition) is 5. The normalized spacial score (nSPS) is 12.2. The highest BCUT2D eigenvalue weighted by Gasteiger charge is 2.09. The number of nitrogens with zero attached hydrogens (tertiary/aromatic N) is 3. The van der Waals surface area contributed by atoms with E-state index >= 15 is 0 Å². The summed E-state index contributed by atoms with van der Waals surface area (Å²) in [4.78, 5) is 12.6. The van der Waals surface area contributed by atoms with Crippen LogP contribution in [-0.4, -0.2) is 42.2 Å². The summed E-state index contributed by atoms with van der Waals surface area (Å²) in [5.41, 5.74) is 3.53. The van der Waals surface area contributed by atoms with E-state index in [1.807, 2.05) is 0 Å². The number of amides is 1. The molecule has 0 spiro atoms. The number of carbonyl (C=O) groups is 1. The number of hydrazone groups is 1. The minimum Gasteiger partial charge on any atom is -0.394 e. The third kappa shape index (κ3) is 7.41. The van der Waals surface area contributed by atoms with Gasteiger partial charge in [0, 0.05) is 31.1 Å². The van der Waals surface area contributed by atoms with Crippen molar-refractivity contribution in [2.24, 2.45) is 5.10 Å². The number of halogens is 2. The second kappa shape index (κ2) is 11.9. The van der Waals surface area contributed by atoms with Crippen molar-refractivity contribution in [2.75, 3.05) is 25.6 Å². The van der Waals surface area contributed by atoms with Gasteiger partial charge in [0.25, 0.3) is 5.91 Å². The summed E-state index contributed by atoms with van der Waals surface area (Å²) in [5.74, 6) is -0.375. The first kappa shape index (κ1) is 21.5. The summed E-state index contributed by atoms with van der Waals surface area (Å²) < 4.78 is 26.6. The topological polar surface area (TPSA) is 83.3 Å². The summed E-state index contributed by atoms with van der Waals surface area (Å²) in [5, 5.41) is 13.6. The molecule has 9 heteroatoms. The Balaban J connectivity index is 2.07. The fourth-order valence-corrected chi connectivity index (χ4v) is 2.12. The van der Waals surface area contributed by atoms with Crippen molar-refractivity contribution in [1.82, 2.24) is 20.5 Å². The maximum absolute atomic E-state index is 13.0. The van der Waals surface area contributed by atoms with E-state index in [-0.39, 0.29) is 18.3 Å². The molecule has 0 saturated carbocycles. The first-order valence-electron chi connectivity index (χ1n) is 8.79. The molecular formula is C20H22F2N6O. The monoisotopic (exact) mass is 400 g/mol. The molecule has 0 fully saturated rings. The maximum atomic E-state index is 13.0. The Kier molecular flexibility index (Phi) is 8.81. The number of carbonyl (C=O) groups excluding carboxylic acids is 1. The largest absolute Gasteiger partial charge is 0.394 e. The van der Waals surface area contributed by atoms with Gasteiger partial charge in [0.2, 0.25) is 0 Å². The average Bonchev–Trinajstić information content (AvgIpc) is 3.18. The standard InChI is InChI=1S/C20H22F2N6O/c1-23-12-2-4-16(5-3-13-24-25-14-11-21)20(29)26-19-10-15-28(27-19)18-8-6-17(22)7-9-18/h2-10,12-13,15,23,25H,11,14H2,1H3,(H,26,27,29)/b5-3+,12-2-,16-4+,24-13-. The van der Waals surface area contributed by atoms with Gasteiger partial charge in [-0.3, -0.25) is 4.79 Å². The van der Waals surface area contributed by atoms with Crippen LogP contribution in [0.5, 0.6) is 0 Å². The van der Waals surface area contributed by atoms with Crippen molar-refractivity contribution in [3.63, 3.8) is 0 Å². The summed E-state index contributed by atoms with van der Waals surface area (Å²) in [7, 11) is 1.74. The predicted molar refractivity (Wildman–Crippen MR) is 110 cm³/mol. The number of nitrogens with one attached hydrogen (secondary N) is 3. The Bertz CT molecular complexity index is 900. The van der Waals surface area contributed by atoms with Crippen molar-refractivity contribution in [3.05, 3.63) is 78.4 Å². The highest BCUT2D eigenvalue weighted by molar-refractivity contribution is 6.05. The van der Waals surface area contributed by atoms with Crippen LogP contribution < -0.4 is 16.1 Å². The average molecular weight is 400 g/mol. The van der Waals surface area contributed by atoms with Crippen LogP contribution in [0.1, 0.15) is 0 Å². The van der Waals surface area contributed by atoms with Gasteiger partial charge in [0.15, 0.2) is 5.82 Å². The van der Waals surface area contributed by atoms with E-state index in [4.69, 9.17) is 0 Å². The molecule has 0 atom stereocenters. The lowest BCUT2D eigenvalue weighted by molar-refractivity contribution is -0.112. The van der Waals surface area contributed by atoms with Crippen molar-refractivity contribution in [3.8, 4) is 5.69 Å². The number of anilines is 1. The first-order valence-corrected chi connectivity index (χ1v) is 8.79. The second-order valence-electron chi connectivity index (χ2n) is 5.58. The number of benzene rings is 1. The lowest BCUT2D eigenvalue weighted by atomic mass is 10.2. The lowest BCUT2D eigenvalue weighted by Crippen LogP contribution is -2.14. The molecule has 3 N–H and O–H groups in total. The van der Waals surface area contributed by atoms with Crippen LogP contribution in [0.25, 0.3) is 5.69 Å². The lowest BCUT2D eigenvalue weighted by Gasteiger charge is -2.03. The number of rotatable bonds is 10. The Labute approximate surface area is 167 Å². The maximum Gasteiger partial charge on any atom is 0.256 e. The van der Waals surface area contributed by atoms with Gasteiger partial charge in [-0.1, -0.05) is 0 Å². The molecule has 29 heavy (non-hydrogen) atoms. The van der Waals surface area contributed by atoms with Gasteiger partial charge in [0.05, 0.1) is 12.2 Å². The van der Waals surface area contributed by atoms with Gasteiger partial charge in [-0.15, -0.1) is 0 Å². The molecule has 7 nitrogen and oxygen atoms in total. The van der Waals surface area contributed by atoms with Crippen LogP contribution >= 0.6 is 0 Å². The van der Waals surface area contributed by atoms with E-state index in [2.05, 4.69) is 26.3 Å². The van der Waals surface area contributed by atoms with Gasteiger partial charge < -0.3 is 16.1 Å². The Morgan fingerprint density at radius 2 is 2.03 bits per heavy atom. The van der Waals surface area contributed by atoms with E-state index in [0.29, 0.717) is 17.1 Å². The molecule has 2 rings (SSSR count). The SMILES string of the molecule is CN\C=C/C=C(\C=C\C=N/NCCF)C(=O)Nc1ccn(-c2ccc(F)cc2)n1. The molecule has 0 saturated heterocycles. The minimum atomic E-state index is -0.520. The summed E-state index contributed by atoms with van der Waals surface area (Å²) in [6.45, 7) is -0.400. The van der Waals surface area contributed by atoms with E-state index in [0.717, 1.165) is 0 Å². The molecule has 1 aromatic carbocycles. The van der Waals surface area contributed by atoms with Crippen LogP contribution in [0.15, 0.2) is 77.7 Å². The molecule has 0 bridgehead atoms. The molecule has 2 aromatic rings. The molecule has 0 unspecified atom stereocenters. The quantitative estimate of drug-likeness (QED) is 0.188. The first-order chi connectivity index (χ1) is 14.1. The number of allylic oxidation sites excluding steroid dienone is 3. The number of hydrogen-bond donors (Lipinski definition) is 3. The van der Waals surface area contributed by atoms with E-state index < -0.39 is 6.67 Å². The summed E-state index contributed by atoms with van der Waals surface area (Å²) >= 11 is 0. The van der Waals surface area contributed by atoms with E-state index in [9.17, 15) is 13.6 Å². The molecule has 0 aliphatic heterocycles. The number of alkyl halides is 1. The second-order valence-corrected chi connectivity index (χ2v) is 5.58. The van der Waals surface area contributed by atoms with Crippen LogP contribution in [0.3, 0.4) is 0 Å². The number of aromatic nitrogens is 2. The molecule has 1 heterocycles. The zero-order valence-corrected chi connectivity index (χ0v) is 15.8. The van der Waals surface area contributed by atoms with E-state index in [1.54, 1.807) is 61.9 Å². The van der Waals surface area contributed by atoms with Gasteiger partial charge in [0.1, 0.15) is 12.5 Å². The smallest absolute Gasteiger partial charge is 0.256 e. The molecule has 0 aliphatic carbocycles. The molecular weight excluding hydrogens is 378 g/mol. The third-order valence-electron chi connectivity index (χ3n) is 3.46. The van der Waals surface area contributed by atoms with Gasteiger partial charge in [-0.05, 0) is 54.8 Å². The van der Waals surface area contributed by atoms with Crippen molar-refractivity contribution >= 4 is 17.9 Å². The van der Waals surface area contributed by atoms with Crippen LogP contribution in [0, 0.1) is 5.82 Å². The highest BCUT2D eigenvalue weighted by atomic mass is 19.1. The Morgan fingerprint density at radius 1 is 1.24 bits per heavy atom. The van der Waals surface area contributed by atoms with Crippen molar-refractivity contribution in [2.45, 2.75) is 0 Å². The summed E-state index contributed by atoms with van der Waals surface area (Å²) in [6, 6.07) is 7.47. The Hall–Kier alpha value is -3.75. The molecule has 152 valence electrons. The van der Waals surface area contributed by atoms with Crippen LogP contribution in [0.2, 0.25) is 0 Å². The van der Waals surface area contributed by atoms with Crippen LogP contribution in [-0.2, 0) is 4.79 Å². The van der Waals surface area contributed by atoms with Gasteiger partial charge in [-0.2, -0.15) is 10.2 Å². The molecule has 0 radical (unpaired) electrons. The molecule has 0 aliphatic rings. The highest BCUT2D eigenvalue weighted by Crippen LogP contribution is 2.12. The van der Waals surface area contributed by atoms with E-state index in [1.165, 1.54) is 23.0 Å². The fraction of sp³-hybridized carbons (Fsp3) is 0.150. The third-order valence-corrected chi connectivity index (χ3v) is 3.46. The molecule has 1 amide bonds. The van der Waals surface area contributed by atoms with Gasteiger partial charge >= 0.3 is 0 Å². The molecule has 1 aromatic heterocycles. The fourth-order valence-electron chi connectivity index (χ4n) is 2.12. The predicted octanol–water partition coefficient (Wildman–Crippen LogP) is 2.71. The zero-order valence-electron chi connectivity index (χ0n) is 15.8.